The van der Waals surface area contributed by atoms with Crippen LogP contribution in [0.3, 0.4) is 0 Å². The molecule has 1 aromatic carbocycles. The van der Waals surface area contributed by atoms with Crippen molar-refractivity contribution in [2.24, 2.45) is 109 Å². The lowest BCUT2D eigenvalue weighted by Crippen LogP contribution is -2.78. The Morgan fingerprint density at radius 2 is 1.52 bits per heavy atom. The van der Waals surface area contributed by atoms with Gasteiger partial charge in [-0.25, -0.2) is 4.79 Å². The maximum absolute atomic E-state index is 17.3. The van der Waals surface area contributed by atoms with Crippen LogP contribution >= 0.6 is 0 Å². The lowest BCUT2D eigenvalue weighted by molar-refractivity contribution is -0.282. The highest BCUT2D eigenvalue weighted by atomic mass is 16.6. The molecule has 19 unspecified atom stereocenters. The second-order valence-corrected chi connectivity index (χ2v) is 35.1. The van der Waals surface area contributed by atoms with Crippen LogP contribution in [-0.2, 0) is 26.3 Å². The summed E-state index contributed by atoms with van der Waals surface area (Å²) < 4.78 is 15.3. The van der Waals surface area contributed by atoms with E-state index in [2.05, 4.69) is 52.0 Å². The van der Waals surface area contributed by atoms with Crippen molar-refractivity contribution in [2.75, 3.05) is 19.6 Å². The van der Waals surface area contributed by atoms with Crippen LogP contribution in [0.25, 0.3) is 0 Å². The van der Waals surface area contributed by atoms with Crippen molar-refractivity contribution in [2.45, 2.75) is 261 Å². The summed E-state index contributed by atoms with van der Waals surface area (Å²) in [6.45, 7) is 2.76. The van der Waals surface area contributed by atoms with Gasteiger partial charge in [-0.05, 0) is 240 Å². The Hall–Kier alpha value is -3.80. The molecule has 12 aliphatic carbocycles. The highest BCUT2D eigenvalue weighted by Crippen LogP contribution is 2.89. The van der Waals surface area contributed by atoms with E-state index in [4.69, 9.17) is 15.2 Å². The number of aliphatic hydroxyl groups is 1. The molecule has 19 atom stereocenters. The van der Waals surface area contributed by atoms with Gasteiger partial charge in [0.25, 0.3) is 0 Å². The summed E-state index contributed by atoms with van der Waals surface area (Å²) in [6.07, 6.45) is 50.2. The van der Waals surface area contributed by atoms with Gasteiger partial charge in [-0.2, -0.15) is 0 Å². The van der Waals surface area contributed by atoms with E-state index in [1.807, 2.05) is 0 Å². The van der Waals surface area contributed by atoms with Gasteiger partial charge in [0.2, 0.25) is 0 Å². The van der Waals surface area contributed by atoms with E-state index < -0.39 is 16.4 Å². The molecule has 10 bridgehead atoms. The summed E-state index contributed by atoms with van der Waals surface area (Å²) in [5, 5.41) is 14.5. The number of nitrogens with zero attached hydrogens (tertiary/aromatic N) is 2. The standard InChI is InChI=1S/C80H103N3O5/c81-37-12-18-49-16-8-21-61-67(49)72(85)88-80(61)66-41-50(53-17-10-30-74(43-53)28-4-5-29-74)23-24-51-39-60-59(48-14-2-1-3-15-48)40-52-25-26-63-54-38-55-47-83(63)70(52)68(60)58-27-36-78(80)71(87-73(86)79(66,78)69(51)58)65(84)42-64-56-44-75(31-6-7-32-75)77(45-56)35-13-34-76(77)33-11-20-57(76)19-9-22-62(55)82(64)46-54/h8,16,21,23-24,48,50-51,53-57,59-60,62-64,66,68,84H,1-7,10-15,17-18,20,22,25-47,81H2. The molecule has 1 aromatic rings. The molecule has 11 fully saturated rings. The van der Waals surface area contributed by atoms with Gasteiger partial charge in [0, 0.05) is 73.1 Å². The fraction of sp³-hybridized carbons (Fsp3) is 0.775. The van der Waals surface area contributed by atoms with Gasteiger partial charge in [-0.1, -0.05) is 124 Å². The van der Waals surface area contributed by atoms with E-state index in [0.29, 0.717) is 107 Å². The molecule has 88 heavy (non-hydrogen) atoms. The first-order chi connectivity index (χ1) is 43.1. The van der Waals surface area contributed by atoms with Crippen molar-refractivity contribution in [1.82, 2.24) is 9.80 Å². The zero-order valence-electron chi connectivity index (χ0n) is 53.4. The summed E-state index contributed by atoms with van der Waals surface area (Å²) in [5.74, 6) is 13.7. The van der Waals surface area contributed by atoms with Crippen molar-refractivity contribution < 1.29 is 24.2 Å². The summed E-state index contributed by atoms with van der Waals surface area (Å²) in [5.41, 5.74) is 13.6. The molecule has 7 spiro atoms. The third-order valence-electron chi connectivity index (χ3n) is 32.9. The third-order valence-corrected chi connectivity index (χ3v) is 32.9. The molecular formula is C80H103N3O5. The molecule has 0 radical (unpaired) electrons. The normalized spacial score (nSPS) is 47.6. The molecule has 3 saturated heterocycles. The maximum atomic E-state index is 17.3. The van der Waals surface area contributed by atoms with E-state index in [1.165, 1.54) is 192 Å². The molecule has 8 saturated carbocycles. The second-order valence-electron chi connectivity index (χ2n) is 35.1. The van der Waals surface area contributed by atoms with E-state index in [-0.39, 0.29) is 47.1 Å². The molecule has 8 nitrogen and oxygen atoms in total. The Kier molecular flexibility index (Phi) is 11.9. The smallest absolute Gasteiger partial charge is 0.339 e. The Balaban J connectivity index is 0.850. The number of piperidine rings is 2. The quantitative estimate of drug-likeness (QED) is 0.171. The summed E-state index contributed by atoms with van der Waals surface area (Å²) >= 11 is 0. The van der Waals surface area contributed by atoms with Crippen LogP contribution < -0.4 is 5.73 Å². The topological polar surface area (TPSA) is 105 Å². The van der Waals surface area contributed by atoms with Gasteiger partial charge in [0.1, 0.15) is 11.2 Å². The number of hydrogen-bond donors (Lipinski definition) is 2. The van der Waals surface area contributed by atoms with Crippen molar-refractivity contribution in [3.05, 3.63) is 81.0 Å². The number of allylic oxidation sites excluding steroid dienone is 4. The minimum absolute atomic E-state index is 0.0946. The fourth-order valence-electron chi connectivity index (χ4n) is 30.5. The van der Waals surface area contributed by atoms with Crippen molar-refractivity contribution in [3.8, 4) is 11.8 Å². The molecule has 0 aromatic heterocycles. The van der Waals surface area contributed by atoms with E-state index in [9.17, 15) is 5.11 Å². The first-order valence-corrected chi connectivity index (χ1v) is 38.0. The molecule has 0 amide bonds. The average molecular weight is 1190 g/mol. The Labute approximate surface area is 526 Å². The van der Waals surface area contributed by atoms with E-state index >= 15 is 9.59 Å². The Bertz CT molecular complexity index is 3350. The number of benzene rings is 1. The number of ether oxygens (including phenoxy) is 2. The zero-order chi connectivity index (χ0) is 58.3. The van der Waals surface area contributed by atoms with Crippen LogP contribution in [0.5, 0.6) is 0 Å². The lowest BCUT2D eigenvalue weighted by atomic mass is 9.27. The number of fused-ring (bicyclic) bond motifs is 8. The summed E-state index contributed by atoms with van der Waals surface area (Å²) in [6, 6.07) is 7.55. The average Bonchev–Trinajstić information content (AvgIpc) is 1.24. The number of aliphatic hydroxyl groups excluding tert-OH is 1. The lowest BCUT2D eigenvalue weighted by Gasteiger charge is -2.73. The molecule has 468 valence electrons. The van der Waals surface area contributed by atoms with Gasteiger partial charge in [-0.3, -0.25) is 9.69 Å². The predicted molar refractivity (Wildman–Crippen MR) is 340 cm³/mol. The highest BCUT2D eigenvalue weighted by molar-refractivity contribution is 6.00. The molecule has 19 aliphatic rings. The third kappa shape index (κ3) is 6.62. The number of rotatable bonds is 5. The monoisotopic (exact) mass is 1190 g/mol. The van der Waals surface area contributed by atoms with Crippen LogP contribution in [0.2, 0.25) is 0 Å². The molecule has 20 rings (SSSR count). The molecule has 7 heterocycles. The predicted octanol–water partition coefficient (Wildman–Crippen LogP) is 16.3. The minimum Gasteiger partial charge on any atom is -0.509 e. The van der Waals surface area contributed by atoms with Gasteiger partial charge in [-0.15, -0.1) is 5.92 Å². The number of carbonyl (C=O) groups excluding carboxylic acids is 2. The molecule has 7 aliphatic heterocycles. The number of carbonyl (C=O) groups is 2. The summed E-state index contributed by atoms with van der Waals surface area (Å²) in [7, 11) is 0. The SMILES string of the molecule is NCCCc1cccc2c1C(=O)OC21C2CC(C3CCCC4(CCCC4)C3)C=CC3CC4C5C6=C3C23C(=O)OC(=C(O)CC2C7CC8(CCCC8)C8(CCCC89CCCC9C#CCC8C9CC(CN82)C2CCC(=C5N2C9)CC4C2CCCCC2)C7)C31CC6. The van der Waals surface area contributed by atoms with Crippen LogP contribution in [0.4, 0.5) is 0 Å². The van der Waals surface area contributed by atoms with Gasteiger partial charge < -0.3 is 25.2 Å². The zero-order valence-corrected chi connectivity index (χ0v) is 53.4. The van der Waals surface area contributed by atoms with Crippen LogP contribution in [0.1, 0.15) is 253 Å². The van der Waals surface area contributed by atoms with Crippen molar-refractivity contribution in [1.29, 1.82) is 0 Å². The number of hydrogen-bond acceptors (Lipinski definition) is 8. The largest absolute Gasteiger partial charge is 0.509 e. The minimum atomic E-state index is -1.17. The first kappa shape index (κ1) is 54.7. The van der Waals surface area contributed by atoms with Crippen molar-refractivity contribution >= 4 is 11.9 Å². The molecule has 8 heteroatoms. The second kappa shape index (κ2) is 19.2. The molecular weight excluding hydrogens is 1080 g/mol. The maximum Gasteiger partial charge on any atom is 0.339 e. The van der Waals surface area contributed by atoms with Crippen LogP contribution in [0, 0.1) is 115 Å². The number of aryl methyl sites for hydroxylation is 1. The van der Waals surface area contributed by atoms with Crippen LogP contribution in [0.15, 0.2) is 64.3 Å². The molecule has 3 N–H and O–H groups in total. The van der Waals surface area contributed by atoms with Crippen molar-refractivity contribution in [3.63, 3.8) is 0 Å². The van der Waals surface area contributed by atoms with Gasteiger partial charge in [0.15, 0.2) is 11.4 Å². The Morgan fingerprint density at radius 3 is 2.40 bits per heavy atom. The van der Waals surface area contributed by atoms with E-state index in [1.54, 1.807) is 16.8 Å². The Morgan fingerprint density at radius 1 is 0.705 bits per heavy atom. The van der Waals surface area contributed by atoms with Gasteiger partial charge >= 0.3 is 11.9 Å². The van der Waals surface area contributed by atoms with Crippen LogP contribution in [-0.4, -0.2) is 64.6 Å². The fourth-order valence-corrected chi connectivity index (χ4v) is 30.5. The van der Waals surface area contributed by atoms with Gasteiger partial charge in [0.05, 0.1) is 11.0 Å². The summed E-state index contributed by atoms with van der Waals surface area (Å²) in [4.78, 5) is 39.4. The first-order valence-electron chi connectivity index (χ1n) is 38.0. The van der Waals surface area contributed by atoms with E-state index in [0.717, 1.165) is 67.8 Å². The number of nitrogens with two attached hydrogens (primary N) is 1. The number of esters is 2. The highest BCUT2D eigenvalue weighted by Gasteiger charge is 2.94.